The average molecular weight is 403 g/mol. The van der Waals surface area contributed by atoms with Crippen LogP contribution in [-0.4, -0.2) is 11.2 Å². The standard InChI is InChI=1S/C26H44O.C2H6/c1-17-15-18(17)5-4-6-19-8-10-23-22-9-7-20-16-21(27)11-13-26(20,3)24(22)12-14-25(19,23)2;1-2/h17-24,27H,4-16H2,1-3H3;1-2H3. The topological polar surface area (TPSA) is 20.2 Å². The Labute approximate surface area is 181 Å². The highest BCUT2D eigenvalue weighted by atomic mass is 16.3. The van der Waals surface area contributed by atoms with Crippen LogP contribution in [-0.2, 0) is 0 Å². The third kappa shape index (κ3) is 3.85. The molecule has 5 fully saturated rings. The monoisotopic (exact) mass is 402 g/mol. The van der Waals surface area contributed by atoms with Crippen molar-refractivity contribution in [1.29, 1.82) is 0 Å². The maximum atomic E-state index is 10.2. The van der Waals surface area contributed by atoms with Crippen LogP contribution in [0.1, 0.15) is 118 Å². The Kier molecular flexibility index (Phi) is 6.48. The lowest BCUT2D eigenvalue weighted by atomic mass is 9.44. The third-order valence-electron chi connectivity index (χ3n) is 11.2. The molecule has 10 unspecified atom stereocenters. The zero-order valence-corrected chi connectivity index (χ0v) is 20.3. The molecule has 0 aliphatic heterocycles. The van der Waals surface area contributed by atoms with E-state index in [4.69, 9.17) is 0 Å². The fraction of sp³-hybridized carbons (Fsp3) is 1.00. The largest absolute Gasteiger partial charge is 0.393 e. The lowest BCUT2D eigenvalue weighted by Gasteiger charge is -2.61. The van der Waals surface area contributed by atoms with E-state index in [0.29, 0.717) is 10.8 Å². The van der Waals surface area contributed by atoms with Crippen molar-refractivity contribution in [2.24, 2.45) is 52.3 Å². The summed E-state index contributed by atoms with van der Waals surface area (Å²) in [6, 6.07) is 0. The van der Waals surface area contributed by atoms with Crippen LogP contribution >= 0.6 is 0 Å². The Morgan fingerprint density at radius 3 is 2.21 bits per heavy atom. The van der Waals surface area contributed by atoms with Crippen molar-refractivity contribution in [2.45, 2.75) is 124 Å². The van der Waals surface area contributed by atoms with Crippen LogP contribution in [0.4, 0.5) is 0 Å². The highest BCUT2D eigenvalue weighted by molar-refractivity contribution is 5.09. The smallest absolute Gasteiger partial charge is 0.0543 e. The predicted octanol–water partition coefficient (Wildman–Crippen LogP) is 7.86. The Morgan fingerprint density at radius 2 is 1.48 bits per heavy atom. The van der Waals surface area contributed by atoms with Gasteiger partial charge in [-0.25, -0.2) is 0 Å². The third-order valence-corrected chi connectivity index (χ3v) is 11.2. The number of rotatable bonds is 4. The summed E-state index contributed by atoms with van der Waals surface area (Å²) in [5.41, 5.74) is 1.21. The van der Waals surface area contributed by atoms with Crippen LogP contribution < -0.4 is 0 Å². The molecule has 29 heavy (non-hydrogen) atoms. The SMILES string of the molecule is CC.CC1CC1CCCC1CCC2C3CCC4CC(O)CCC4(C)C3CCC12C. The summed E-state index contributed by atoms with van der Waals surface area (Å²) in [6.07, 6.45) is 18.5. The number of fused-ring (bicyclic) bond motifs is 5. The molecular formula is C28H50O. The summed E-state index contributed by atoms with van der Waals surface area (Å²) in [7, 11) is 0. The van der Waals surface area contributed by atoms with Gasteiger partial charge in [0, 0.05) is 0 Å². The molecule has 0 aromatic rings. The van der Waals surface area contributed by atoms with Gasteiger partial charge in [0.15, 0.2) is 0 Å². The molecule has 0 heterocycles. The van der Waals surface area contributed by atoms with Gasteiger partial charge in [-0.05, 0) is 123 Å². The van der Waals surface area contributed by atoms with Crippen molar-refractivity contribution in [2.75, 3.05) is 0 Å². The average Bonchev–Trinajstić information content (AvgIpc) is 3.31. The van der Waals surface area contributed by atoms with Crippen molar-refractivity contribution in [3.05, 3.63) is 0 Å². The molecule has 1 heteroatoms. The molecule has 10 atom stereocenters. The molecule has 5 rings (SSSR count). The fourth-order valence-corrected chi connectivity index (χ4v) is 9.25. The minimum absolute atomic E-state index is 0.00136. The second kappa shape index (κ2) is 8.48. The zero-order chi connectivity index (χ0) is 20.8. The minimum atomic E-state index is -0.00136. The molecular weight excluding hydrogens is 352 g/mol. The van der Waals surface area contributed by atoms with Gasteiger partial charge >= 0.3 is 0 Å². The molecule has 5 aliphatic carbocycles. The van der Waals surface area contributed by atoms with Crippen LogP contribution in [0.3, 0.4) is 0 Å². The molecule has 5 saturated carbocycles. The normalized spacial score (nSPS) is 53.2. The highest BCUT2D eigenvalue weighted by Gasteiger charge is 2.59. The highest BCUT2D eigenvalue weighted by Crippen LogP contribution is 2.68. The lowest BCUT2D eigenvalue weighted by molar-refractivity contribution is -0.127. The number of hydrogen-bond donors (Lipinski definition) is 1. The minimum Gasteiger partial charge on any atom is -0.393 e. The molecule has 0 saturated heterocycles. The summed E-state index contributed by atoms with van der Waals surface area (Å²) in [6.45, 7) is 11.8. The van der Waals surface area contributed by atoms with Crippen LogP contribution in [0.2, 0.25) is 0 Å². The van der Waals surface area contributed by atoms with Crippen LogP contribution in [0, 0.1) is 52.3 Å². The van der Waals surface area contributed by atoms with Gasteiger partial charge in [0.2, 0.25) is 0 Å². The van der Waals surface area contributed by atoms with Gasteiger partial charge in [0.1, 0.15) is 0 Å². The van der Waals surface area contributed by atoms with Crippen LogP contribution in [0.25, 0.3) is 0 Å². The van der Waals surface area contributed by atoms with Crippen molar-refractivity contribution in [3.8, 4) is 0 Å². The van der Waals surface area contributed by atoms with Crippen LogP contribution in [0.5, 0.6) is 0 Å². The van der Waals surface area contributed by atoms with Gasteiger partial charge in [0.05, 0.1) is 6.10 Å². The fourth-order valence-electron chi connectivity index (χ4n) is 9.25. The van der Waals surface area contributed by atoms with Gasteiger partial charge in [-0.1, -0.05) is 47.5 Å². The molecule has 0 bridgehead atoms. The molecule has 0 aromatic heterocycles. The number of aliphatic hydroxyl groups is 1. The van der Waals surface area contributed by atoms with Gasteiger partial charge < -0.3 is 5.11 Å². The molecule has 168 valence electrons. The first-order valence-electron chi connectivity index (χ1n) is 13.6. The first kappa shape index (κ1) is 22.2. The van der Waals surface area contributed by atoms with Crippen LogP contribution in [0.15, 0.2) is 0 Å². The van der Waals surface area contributed by atoms with E-state index < -0.39 is 0 Å². The van der Waals surface area contributed by atoms with Gasteiger partial charge in [-0.3, -0.25) is 0 Å². The lowest BCUT2D eigenvalue weighted by Crippen LogP contribution is -2.53. The number of hydrogen-bond acceptors (Lipinski definition) is 1. The van der Waals surface area contributed by atoms with E-state index >= 15 is 0 Å². The zero-order valence-electron chi connectivity index (χ0n) is 20.3. The molecule has 0 aromatic carbocycles. The second-order valence-corrected chi connectivity index (χ2v) is 12.3. The molecule has 0 radical (unpaired) electrons. The first-order chi connectivity index (χ1) is 13.9. The summed E-state index contributed by atoms with van der Waals surface area (Å²) in [4.78, 5) is 0. The predicted molar refractivity (Wildman–Crippen MR) is 124 cm³/mol. The first-order valence-corrected chi connectivity index (χ1v) is 13.6. The Balaban J connectivity index is 0.000000994. The van der Waals surface area contributed by atoms with E-state index in [1.807, 2.05) is 13.8 Å². The van der Waals surface area contributed by atoms with Crippen molar-refractivity contribution in [3.63, 3.8) is 0 Å². The van der Waals surface area contributed by atoms with E-state index in [1.54, 1.807) is 0 Å². The summed E-state index contributed by atoms with van der Waals surface area (Å²) in [5, 5.41) is 10.2. The van der Waals surface area contributed by atoms with E-state index in [0.717, 1.165) is 54.3 Å². The molecule has 1 nitrogen and oxygen atoms in total. The molecule has 1 N–H and O–H groups in total. The maximum Gasteiger partial charge on any atom is 0.0543 e. The van der Waals surface area contributed by atoms with Gasteiger partial charge in [-0.15, -0.1) is 0 Å². The molecule has 5 aliphatic rings. The van der Waals surface area contributed by atoms with E-state index in [9.17, 15) is 5.11 Å². The summed E-state index contributed by atoms with van der Waals surface area (Å²) >= 11 is 0. The maximum absolute atomic E-state index is 10.2. The molecule has 0 spiro atoms. The number of aliphatic hydroxyl groups excluding tert-OH is 1. The van der Waals surface area contributed by atoms with E-state index in [2.05, 4.69) is 20.8 Å². The van der Waals surface area contributed by atoms with Crippen molar-refractivity contribution >= 4 is 0 Å². The van der Waals surface area contributed by atoms with Crippen molar-refractivity contribution < 1.29 is 5.11 Å². The van der Waals surface area contributed by atoms with E-state index in [1.165, 1.54) is 70.6 Å². The molecule has 0 amide bonds. The Morgan fingerprint density at radius 1 is 0.793 bits per heavy atom. The summed E-state index contributed by atoms with van der Waals surface area (Å²) in [5.74, 6) is 6.95. The second-order valence-electron chi connectivity index (χ2n) is 12.3. The van der Waals surface area contributed by atoms with Gasteiger partial charge in [-0.2, -0.15) is 0 Å². The Bertz CT molecular complexity index is 557. The quantitative estimate of drug-likeness (QED) is 0.507. The Hall–Kier alpha value is -0.0400. The van der Waals surface area contributed by atoms with E-state index in [-0.39, 0.29) is 6.10 Å². The summed E-state index contributed by atoms with van der Waals surface area (Å²) < 4.78 is 0. The van der Waals surface area contributed by atoms with Crippen molar-refractivity contribution in [1.82, 2.24) is 0 Å². The van der Waals surface area contributed by atoms with Gasteiger partial charge in [0.25, 0.3) is 0 Å².